The Bertz CT molecular complexity index is 492. The molecule has 1 saturated carbocycles. The molecule has 1 aromatic heterocycles. The first-order valence-electron chi connectivity index (χ1n) is 8.22. The quantitative estimate of drug-likeness (QED) is 0.908. The van der Waals surface area contributed by atoms with Crippen LogP contribution < -0.4 is 0 Å². The van der Waals surface area contributed by atoms with Gasteiger partial charge < -0.3 is 9.84 Å². The fourth-order valence-electron chi connectivity index (χ4n) is 4.00. The van der Waals surface area contributed by atoms with Crippen LogP contribution in [-0.4, -0.2) is 27.5 Å². The van der Waals surface area contributed by atoms with Gasteiger partial charge in [-0.25, -0.2) is 0 Å². The number of aliphatic hydroxyl groups is 1. The third-order valence-electron chi connectivity index (χ3n) is 5.20. The molecule has 1 aromatic rings. The van der Waals surface area contributed by atoms with Crippen LogP contribution >= 0.6 is 0 Å². The molecule has 2 atom stereocenters. The smallest absolute Gasteiger partial charge is 0.0838 e. The molecule has 0 bridgehead atoms. The summed E-state index contributed by atoms with van der Waals surface area (Å²) in [6.45, 7) is 4.63. The molecule has 21 heavy (non-hydrogen) atoms. The molecule has 4 heteroatoms. The Balaban J connectivity index is 1.77. The number of rotatable bonds is 2. The summed E-state index contributed by atoms with van der Waals surface area (Å²) in [5, 5.41) is 19.1. The van der Waals surface area contributed by atoms with Crippen LogP contribution in [0.5, 0.6) is 0 Å². The lowest BCUT2D eigenvalue weighted by molar-refractivity contribution is -0.134. The second-order valence-corrected chi connectivity index (χ2v) is 6.82. The average molecular weight is 290 g/mol. The summed E-state index contributed by atoms with van der Waals surface area (Å²) in [4.78, 5) is 0. The van der Waals surface area contributed by atoms with Gasteiger partial charge in [0.1, 0.15) is 0 Å². The molecule has 2 unspecified atom stereocenters. The van der Waals surface area contributed by atoms with E-state index in [1.807, 2.05) is 19.9 Å². The summed E-state index contributed by atoms with van der Waals surface area (Å²) in [5.74, 6) is 0.277. The van der Waals surface area contributed by atoms with E-state index < -0.39 is 6.10 Å². The lowest BCUT2D eigenvalue weighted by Gasteiger charge is -2.44. The Labute approximate surface area is 126 Å². The van der Waals surface area contributed by atoms with E-state index in [2.05, 4.69) is 10.2 Å². The van der Waals surface area contributed by atoms with Crippen molar-refractivity contribution < 1.29 is 9.84 Å². The molecule has 1 N–H and O–H groups in total. The van der Waals surface area contributed by atoms with Crippen LogP contribution in [0.15, 0.2) is 6.07 Å². The topological polar surface area (TPSA) is 55.2 Å². The monoisotopic (exact) mass is 290 g/mol. The number of hydrogen-bond donors (Lipinski definition) is 1. The number of aryl methyl sites for hydroxylation is 2. The fourth-order valence-corrected chi connectivity index (χ4v) is 4.00. The molecule has 2 fully saturated rings. The summed E-state index contributed by atoms with van der Waals surface area (Å²) in [6, 6.07) is 1.98. The molecular weight excluding hydrogens is 264 g/mol. The zero-order chi connectivity index (χ0) is 14.9. The number of nitrogens with zero attached hydrogens (tertiary/aromatic N) is 2. The predicted molar refractivity (Wildman–Crippen MR) is 81.0 cm³/mol. The van der Waals surface area contributed by atoms with Crippen LogP contribution in [-0.2, 0) is 4.74 Å². The van der Waals surface area contributed by atoms with Crippen molar-refractivity contribution in [3.05, 3.63) is 23.0 Å². The van der Waals surface area contributed by atoms with Crippen molar-refractivity contribution in [2.24, 2.45) is 5.92 Å². The van der Waals surface area contributed by atoms with E-state index in [0.717, 1.165) is 49.2 Å². The van der Waals surface area contributed by atoms with E-state index in [4.69, 9.17) is 4.74 Å². The van der Waals surface area contributed by atoms with Gasteiger partial charge in [-0.05, 0) is 51.5 Å². The van der Waals surface area contributed by atoms with Gasteiger partial charge in [-0.3, -0.25) is 0 Å². The lowest BCUT2D eigenvalue weighted by atomic mass is 9.73. The van der Waals surface area contributed by atoms with E-state index in [-0.39, 0.29) is 11.5 Å². The number of hydrogen-bond acceptors (Lipinski definition) is 4. The summed E-state index contributed by atoms with van der Waals surface area (Å²) in [6.07, 6.45) is 7.63. The molecule has 116 valence electrons. The van der Waals surface area contributed by atoms with Gasteiger partial charge in [0.25, 0.3) is 0 Å². The van der Waals surface area contributed by atoms with Crippen molar-refractivity contribution in [1.82, 2.24) is 10.2 Å². The van der Waals surface area contributed by atoms with Crippen LogP contribution in [0.3, 0.4) is 0 Å². The highest BCUT2D eigenvalue weighted by atomic mass is 16.5. The lowest BCUT2D eigenvalue weighted by Crippen LogP contribution is -2.43. The maximum atomic E-state index is 10.8. The molecule has 0 aromatic carbocycles. The highest BCUT2D eigenvalue weighted by Gasteiger charge is 2.41. The van der Waals surface area contributed by atoms with Gasteiger partial charge in [0.05, 0.1) is 23.1 Å². The molecule has 1 aliphatic carbocycles. The molecule has 0 radical (unpaired) electrons. The predicted octanol–water partition coefficient (Wildman–Crippen LogP) is 3.26. The van der Waals surface area contributed by atoms with E-state index in [1.165, 1.54) is 19.3 Å². The summed E-state index contributed by atoms with van der Waals surface area (Å²) >= 11 is 0. The van der Waals surface area contributed by atoms with Crippen molar-refractivity contribution in [1.29, 1.82) is 0 Å². The normalized spacial score (nSPS) is 26.7. The minimum absolute atomic E-state index is 0.0333. The zero-order valence-electron chi connectivity index (χ0n) is 13.1. The molecule has 1 aliphatic heterocycles. The molecule has 3 rings (SSSR count). The molecule has 1 saturated heterocycles. The Morgan fingerprint density at radius 3 is 2.76 bits per heavy atom. The van der Waals surface area contributed by atoms with Gasteiger partial charge in [0.2, 0.25) is 0 Å². The maximum absolute atomic E-state index is 10.8. The molecule has 2 aliphatic rings. The van der Waals surface area contributed by atoms with Gasteiger partial charge in [-0.15, -0.1) is 0 Å². The van der Waals surface area contributed by atoms with Crippen LogP contribution in [0.2, 0.25) is 0 Å². The van der Waals surface area contributed by atoms with Gasteiger partial charge in [0.15, 0.2) is 0 Å². The largest absolute Gasteiger partial charge is 0.388 e. The van der Waals surface area contributed by atoms with Crippen molar-refractivity contribution in [3.8, 4) is 0 Å². The number of ether oxygens (including phenoxy) is 1. The molecular formula is C17H26N2O2. The van der Waals surface area contributed by atoms with Crippen molar-refractivity contribution >= 4 is 0 Å². The van der Waals surface area contributed by atoms with Crippen LogP contribution in [0.1, 0.15) is 68.0 Å². The summed E-state index contributed by atoms with van der Waals surface area (Å²) < 4.78 is 6.14. The van der Waals surface area contributed by atoms with Gasteiger partial charge in [-0.2, -0.15) is 10.2 Å². The molecule has 0 amide bonds. The third-order valence-corrected chi connectivity index (χ3v) is 5.20. The van der Waals surface area contributed by atoms with Crippen LogP contribution in [0, 0.1) is 19.8 Å². The Morgan fingerprint density at radius 2 is 2.00 bits per heavy atom. The van der Waals surface area contributed by atoms with Crippen molar-refractivity contribution in [3.63, 3.8) is 0 Å². The second kappa shape index (κ2) is 6.01. The van der Waals surface area contributed by atoms with E-state index >= 15 is 0 Å². The highest BCUT2D eigenvalue weighted by Crippen LogP contribution is 2.44. The SMILES string of the molecule is Cc1cc(C(O)C2CCOC3(CCCCC3)C2)c(C)nn1. The Kier molecular flexibility index (Phi) is 4.27. The Hall–Kier alpha value is -1.00. The first kappa shape index (κ1) is 14.9. The van der Waals surface area contributed by atoms with Gasteiger partial charge >= 0.3 is 0 Å². The first-order valence-corrected chi connectivity index (χ1v) is 8.22. The molecule has 2 heterocycles. The standard InChI is InChI=1S/C17H26N2O2/c1-12-10-15(13(2)19-18-12)16(20)14-6-9-21-17(11-14)7-4-3-5-8-17/h10,14,16,20H,3-9,11H2,1-2H3. The summed E-state index contributed by atoms with van der Waals surface area (Å²) in [7, 11) is 0. The number of aromatic nitrogens is 2. The third kappa shape index (κ3) is 3.11. The average Bonchev–Trinajstić information content (AvgIpc) is 2.50. The minimum atomic E-state index is -0.443. The minimum Gasteiger partial charge on any atom is -0.388 e. The van der Waals surface area contributed by atoms with Gasteiger partial charge in [0, 0.05) is 12.2 Å². The molecule has 4 nitrogen and oxygen atoms in total. The first-order chi connectivity index (χ1) is 10.1. The van der Waals surface area contributed by atoms with Gasteiger partial charge in [-0.1, -0.05) is 19.3 Å². The highest BCUT2D eigenvalue weighted by molar-refractivity contribution is 5.23. The van der Waals surface area contributed by atoms with E-state index in [9.17, 15) is 5.11 Å². The fraction of sp³-hybridized carbons (Fsp3) is 0.765. The van der Waals surface area contributed by atoms with E-state index in [0.29, 0.717) is 0 Å². The van der Waals surface area contributed by atoms with Crippen LogP contribution in [0.25, 0.3) is 0 Å². The van der Waals surface area contributed by atoms with Crippen LogP contribution in [0.4, 0.5) is 0 Å². The maximum Gasteiger partial charge on any atom is 0.0838 e. The number of aliphatic hydroxyl groups excluding tert-OH is 1. The molecule has 1 spiro atoms. The van der Waals surface area contributed by atoms with E-state index in [1.54, 1.807) is 0 Å². The Morgan fingerprint density at radius 1 is 1.24 bits per heavy atom. The second-order valence-electron chi connectivity index (χ2n) is 6.82. The summed E-state index contributed by atoms with van der Waals surface area (Å²) in [5.41, 5.74) is 2.69. The zero-order valence-corrected chi connectivity index (χ0v) is 13.1. The van der Waals surface area contributed by atoms with Crippen molar-refractivity contribution in [2.45, 2.75) is 70.5 Å². The van der Waals surface area contributed by atoms with Crippen molar-refractivity contribution in [2.75, 3.05) is 6.61 Å².